The Kier molecular flexibility index (Phi) is 5.36. The van der Waals surface area contributed by atoms with Gasteiger partial charge in [0.2, 0.25) is 0 Å². The molecule has 0 aliphatic carbocycles. The van der Waals surface area contributed by atoms with Crippen LogP contribution in [0.2, 0.25) is 0 Å². The summed E-state index contributed by atoms with van der Waals surface area (Å²) in [5.74, 6) is 0.272. The minimum atomic E-state index is -0.396. The molecule has 2 rings (SSSR count). The lowest BCUT2D eigenvalue weighted by Gasteiger charge is -2.09. The number of hydrogen-bond acceptors (Lipinski definition) is 4. The molecule has 2 N–H and O–H groups in total. The predicted molar refractivity (Wildman–Crippen MR) is 82.4 cm³/mol. The molecule has 0 radical (unpaired) electrons. The van der Waals surface area contributed by atoms with Crippen LogP contribution in [0, 0.1) is 5.82 Å². The summed E-state index contributed by atoms with van der Waals surface area (Å²) in [4.78, 5) is 11.8. The average Bonchev–Trinajstić information content (AvgIpc) is 2.50. The molecular weight excluding hydrogens is 285 g/mol. The average molecular weight is 303 g/mol. The van der Waals surface area contributed by atoms with E-state index in [-0.39, 0.29) is 12.2 Å². The summed E-state index contributed by atoms with van der Waals surface area (Å²) in [6.45, 7) is 2.46. The standard InChI is InChI=1S/C17H18FNO3/c1-2-21-15-8-9-16(19)12(11-15)3-10-17(20)22-14-6-4-13(18)5-7-14/h4-9,11H,2-3,10,19H2,1H3. The lowest BCUT2D eigenvalue weighted by molar-refractivity contribution is -0.134. The molecule has 116 valence electrons. The maximum Gasteiger partial charge on any atom is 0.311 e. The van der Waals surface area contributed by atoms with E-state index >= 15 is 0 Å². The number of hydrogen-bond donors (Lipinski definition) is 1. The van der Waals surface area contributed by atoms with Crippen LogP contribution in [-0.4, -0.2) is 12.6 Å². The van der Waals surface area contributed by atoms with Crippen LogP contribution >= 0.6 is 0 Å². The number of nitrogen functional groups attached to an aromatic ring is 1. The molecule has 0 saturated heterocycles. The number of benzene rings is 2. The number of rotatable bonds is 6. The van der Waals surface area contributed by atoms with Gasteiger partial charge in [0.15, 0.2) is 0 Å². The first kappa shape index (κ1) is 15.8. The predicted octanol–water partition coefficient (Wildman–Crippen LogP) is 3.34. The third-order valence-corrected chi connectivity index (χ3v) is 3.07. The fourth-order valence-corrected chi connectivity index (χ4v) is 1.98. The molecule has 22 heavy (non-hydrogen) atoms. The van der Waals surface area contributed by atoms with Gasteiger partial charge in [0.25, 0.3) is 0 Å². The Balaban J connectivity index is 1.93. The van der Waals surface area contributed by atoms with E-state index in [1.807, 2.05) is 13.0 Å². The maximum atomic E-state index is 12.8. The van der Waals surface area contributed by atoms with Crippen LogP contribution in [0.15, 0.2) is 42.5 Å². The molecule has 0 amide bonds. The molecular formula is C17H18FNO3. The van der Waals surface area contributed by atoms with E-state index in [1.165, 1.54) is 24.3 Å². The molecule has 0 aromatic heterocycles. The summed E-state index contributed by atoms with van der Waals surface area (Å²) < 4.78 is 23.3. The lowest BCUT2D eigenvalue weighted by atomic mass is 10.1. The number of anilines is 1. The number of halogens is 1. The molecule has 0 aliphatic heterocycles. The minimum absolute atomic E-state index is 0.178. The minimum Gasteiger partial charge on any atom is -0.494 e. The molecule has 0 fully saturated rings. The second-order valence-electron chi connectivity index (χ2n) is 4.72. The lowest BCUT2D eigenvalue weighted by Crippen LogP contribution is -2.10. The molecule has 4 nitrogen and oxygen atoms in total. The van der Waals surface area contributed by atoms with Crippen molar-refractivity contribution in [2.24, 2.45) is 0 Å². The summed E-state index contributed by atoms with van der Waals surface area (Å²) >= 11 is 0. The number of aryl methyl sites for hydroxylation is 1. The van der Waals surface area contributed by atoms with Gasteiger partial charge in [-0.15, -0.1) is 0 Å². The van der Waals surface area contributed by atoms with Crippen molar-refractivity contribution in [3.05, 3.63) is 53.8 Å². The zero-order chi connectivity index (χ0) is 15.9. The highest BCUT2D eigenvalue weighted by molar-refractivity contribution is 5.73. The van der Waals surface area contributed by atoms with E-state index in [0.717, 1.165) is 11.3 Å². The molecule has 5 heteroatoms. The Morgan fingerprint density at radius 1 is 1.14 bits per heavy atom. The molecule has 0 aliphatic rings. The molecule has 0 atom stereocenters. The SMILES string of the molecule is CCOc1ccc(N)c(CCC(=O)Oc2ccc(F)cc2)c1. The second-order valence-corrected chi connectivity index (χ2v) is 4.72. The first-order valence-electron chi connectivity index (χ1n) is 7.06. The molecule has 2 aromatic carbocycles. The van der Waals surface area contributed by atoms with Crippen LogP contribution in [0.5, 0.6) is 11.5 Å². The Hall–Kier alpha value is -2.56. The molecule has 0 spiro atoms. The van der Waals surface area contributed by atoms with Gasteiger partial charge in [-0.05, 0) is 61.4 Å². The van der Waals surface area contributed by atoms with Crippen LogP contribution in [0.25, 0.3) is 0 Å². The van der Waals surface area contributed by atoms with Crippen LogP contribution in [0.3, 0.4) is 0 Å². The fraction of sp³-hybridized carbons (Fsp3) is 0.235. The van der Waals surface area contributed by atoms with Gasteiger partial charge in [-0.3, -0.25) is 4.79 Å². The van der Waals surface area contributed by atoms with E-state index in [9.17, 15) is 9.18 Å². The van der Waals surface area contributed by atoms with Gasteiger partial charge in [-0.2, -0.15) is 0 Å². The molecule has 0 saturated carbocycles. The Morgan fingerprint density at radius 2 is 1.82 bits per heavy atom. The van der Waals surface area contributed by atoms with Crippen molar-refractivity contribution >= 4 is 11.7 Å². The van der Waals surface area contributed by atoms with Crippen molar-refractivity contribution in [2.45, 2.75) is 19.8 Å². The summed E-state index contributed by atoms with van der Waals surface area (Å²) in [6.07, 6.45) is 0.629. The third kappa shape index (κ3) is 4.48. The molecule has 0 unspecified atom stereocenters. The highest BCUT2D eigenvalue weighted by Crippen LogP contribution is 2.21. The Bertz CT molecular complexity index is 641. The topological polar surface area (TPSA) is 61.5 Å². The van der Waals surface area contributed by atoms with Crippen LogP contribution in [0.1, 0.15) is 18.9 Å². The number of esters is 1. The first-order valence-corrected chi connectivity index (χ1v) is 7.06. The van der Waals surface area contributed by atoms with Gasteiger partial charge in [-0.1, -0.05) is 0 Å². The van der Waals surface area contributed by atoms with Crippen molar-refractivity contribution in [3.63, 3.8) is 0 Å². The summed E-state index contributed by atoms with van der Waals surface area (Å²) in [5, 5.41) is 0. The first-order chi connectivity index (χ1) is 10.6. The van der Waals surface area contributed by atoms with Crippen molar-refractivity contribution in [1.82, 2.24) is 0 Å². The van der Waals surface area contributed by atoms with Gasteiger partial charge in [0.05, 0.1) is 13.0 Å². The monoisotopic (exact) mass is 303 g/mol. The van der Waals surface area contributed by atoms with Crippen molar-refractivity contribution < 1.29 is 18.7 Å². The largest absolute Gasteiger partial charge is 0.494 e. The summed E-state index contributed by atoms with van der Waals surface area (Å²) in [7, 11) is 0. The zero-order valence-electron chi connectivity index (χ0n) is 12.3. The molecule has 0 heterocycles. The molecule has 2 aromatic rings. The van der Waals surface area contributed by atoms with Gasteiger partial charge in [0, 0.05) is 5.69 Å². The van der Waals surface area contributed by atoms with E-state index in [2.05, 4.69) is 0 Å². The summed E-state index contributed by atoms with van der Waals surface area (Å²) in [5.41, 5.74) is 7.34. The highest BCUT2D eigenvalue weighted by Gasteiger charge is 2.08. The number of nitrogens with two attached hydrogens (primary N) is 1. The normalized spacial score (nSPS) is 10.3. The second kappa shape index (κ2) is 7.45. The van der Waals surface area contributed by atoms with E-state index in [1.54, 1.807) is 12.1 Å². The van der Waals surface area contributed by atoms with Crippen LogP contribution in [0.4, 0.5) is 10.1 Å². The number of carbonyl (C=O) groups is 1. The molecule has 0 bridgehead atoms. The fourth-order valence-electron chi connectivity index (χ4n) is 1.98. The third-order valence-electron chi connectivity index (χ3n) is 3.07. The zero-order valence-corrected chi connectivity index (χ0v) is 12.3. The van der Waals surface area contributed by atoms with E-state index in [0.29, 0.717) is 24.5 Å². The highest BCUT2D eigenvalue weighted by atomic mass is 19.1. The van der Waals surface area contributed by atoms with Crippen molar-refractivity contribution in [1.29, 1.82) is 0 Å². The maximum absolute atomic E-state index is 12.8. The Morgan fingerprint density at radius 3 is 2.50 bits per heavy atom. The number of ether oxygens (including phenoxy) is 2. The van der Waals surface area contributed by atoms with Gasteiger partial charge < -0.3 is 15.2 Å². The quantitative estimate of drug-likeness (QED) is 0.505. The van der Waals surface area contributed by atoms with Crippen molar-refractivity contribution in [3.8, 4) is 11.5 Å². The van der Waals surface area contributed by atoms with Crippen LogP contribution < -0.4 is 15.2 Å². The number of carbonyl (C=O) groups excluding carboxylic acids is 1. The van der Waals surface area contributed by atoms with Gasteiger partial charge in [0.1, 0.15) is 17.3 Å². The van der Waals surface area contributed by atoms with Crippen molar-refractivity contribution in [2.75, 3.05) is 12.3 Å². The van der Waals surface area contributed by atoms with Crippen LogP contribution in [-0.2, 0) is 11.2 Å². The van der Waals surface area contributed by atoms with E-state index < -0.39 is 5.97 Å². The van der Waals surface area contributed by atoms with Gasteiger partial charge in [-0.25, -0.2) is 4.39 Å². The van der Waals surface area contributed by atoms with Gasteiger partial charge >= 0.3 is 5.97 Å². The summed E-state index contributed by atoms with van der Waals surface area (Å²) in [6, 6.07) is 10.7. The smallest absolute Gasteiger partial charge is 0.311 e. The van der Waals surface area contributed by atoms with E-state index in [4.69, 9.17) is 15.2 Å². The Labute approximate surface area is 128 Å².